The number of nitrogens with zero attached hydrogens (tertiary/aromatic N) is 1. The number of imidazole rings is 1. The summed E-state index contributed by atoms with van der Waals surface area (Å²) in [6, 6.07) is 1.69. The van der Waals surface area contributed by atoms with E-state index in [4.69, 9.17) is 20.4 Å². The van der Waals surface area contributed by atoms with E-state index >= 15 is 0 Å². The number of phenolic OH excluding ortho intramolecular Hbond substituents is 3. The molecule has 0 saturated heterocycles. The molecule has 0 atom stereocenters. The number of aromatic nitrogens is 2. The predicted octanol–water partition coefficient (Wildman–Crippen LogP) is 0.911. The van der Waals surface area contributed by atoms with Gasteiger partial charge < -0.3 is 25.4 Å². The number of aromatic amines is 1. The summed E-state index contributed by atoms with van der Waals surface area (Å²) in [5.74, 6) is -3.33. The summed E-state index contributed by atoms with van der Waals surface area (Å²) in [5, 5.41) is 35.0. The van der Waals surface area contributed by atoms with Crippen LogP contribution in [0.2, 0.25) is 0 Å². The summed E-state index contributed by atoms with van der Waals surface area (Å²) in [6.45, 7) is 0. The third-order valence-electron chi connectivity index (χ3n) is 1.72. The number of H-pyrrole nitrogens is 1. The number of phenols is 3. The molecule has 1 heterocycles. The lowest BCUT2D eigenvalue weighted by Crippen LogP contribution is -1.95. The Labute approximate surface area is 95.6 Å². The fourth-order valence-corrected chi connectivity index (χ4v) is 0.943. The summed E-state index contributed by atoms with van der Waals surface area (Å²) in [4.78, 5) is 16.7. The fourth-order valence-electron chi connectivity index (χ4n) is 0.943. The van der Waals surface area contributed by atoms with Gasteiger partial charge in [-0.2, -0.15) is 0 Å². The Morgan fingerprint density at radius 1 is 1.18 bits per heavy atom. The van der Waals surface area contributed by atoms with Crippen molar-refractivity contribution in [1.29, 1.82) is 0 Å². The van der Waals surface area contributed by atoms with Crippen LogP contribution in [0.1, 0.15) is 10.4 Å². The van der Waals surface area contributed by atoms with E-state index in [9.17, 15) is 4.79 Å². The van der Waals surface area contributed by atoms with Crippen LogP contribution in [-0.2, 0) is 0 Å². The third-order valence-corrected chi connectivity index (χ3v) is 1.72. The van der Waals surface area contributed by atoms with Crippen molar-refractivity contribution in [3.63, 3.8) is 0 Å². The number of carbonyl (C=O) groups is 1. The Bertz CT molecular complexity index is 455. The smallest absolute Gasteiger partial charge is 0.335 e. The number of rotatable bonds is 1. The maximum atomic E-state index is 10.3. The molecule has 0 saturated carbocycles. The first-order valence-electron chi connectivity index (χ1n) is 4.43. The number of aromatic hydroxyl groups is 3. The molecule has 0 radical (unpaired) electrons. The van der Waals surface area contributed by atoms with E-state index in [0.717, 1.165) is 12.1 Å². The van der Waals surface area contributed by atoms with Crippen molar-refractivity contribution in [2.75, 3.05) is 0 Å². The Morgan fingerprint density at radius 3 is 2.06 bits per heavy atom. The van der Waals surface area contributed by atoms with E-state index in [2.05, 4.69) is 9.97 Å². The molecule has 0 aliphatic rings. The van der Waals surface area contributed by atoms with Crippen molar-refractivity contribution < 1.29 is 25.2 Å². The first-order chi connectivity index (χ1) is 8.02. The highest BCUT2D eigenvalue weighted by Gasteiger charge is 2.11. The molecule has 0 bridgehead atoms. The van der Waals surface area contributed by atoms with Gasteiger partial charge in [0.25, 0.3) is 0 Å². The Morgan fingerprint density at radius 2 is 1.76 bits per heavy atom. The second kappa shape index (κ2) is 5.40. The largest absolute Gasteiger partial charge is 0.504 e. The van der Waals surface area contributed by atoms with Crippen LogP contribution in [0.5, 0.6) is 17.2 Å². The standard InChI is InChI=1S/C7H6O5.C3H4N2/c8-4-1-3(7(11)12)2-5(9)6(4)10;1-2-5-3-4-1/h1-2,8-10H,(H,11,12);1-3H,(H,4,5). The molecule has 0 amide bonds. The normalized spacial score (nSPS) is 9.18. The average Bonchev–Trinajstić information content (AvgIpc) is 2.83. The van der Waals surface area contributed by atoms with Gasteiger partial charge in [0, 0.05) is 12.4 Å². The first kappa shape index (κ1) is 12.4. The van der Waals surface area contributed by atoms with Gasteiger partial charge in [0.1, 0.15) is 0 Å². The van der Waals surface area contributed by atoms with E-state index in [1.165, 1.54) is 0 Å². The van der Waals surface area contributed by atoms with E-state index in [1.54, 1.807) is 18.7 Å². The molecule has 0 fully saturated rings. The van der Waals surface area contributed by atoms with Crippen molar-refractivity contribution in [3.8, 4) is 17.2 Å². The van der Waals surface area contributed by atoms with Crippen LogP contribution in [0.25, 0.3) is 0 Å². The molecule has 0 spiro atoms. The highest BCUT2D eigenvalue weighted by atomic mass is 16.4. The average molecular weight is 238 g/mol. The molecule has 7 heteroatoms. The van der Waals surface area contributed by atoms with Crippen LogP contribution < -0.4 is 0 Å². The molecular formula is C10H10N2O5. The maximum absolute atomic E-state index is 10.3. The van der Waals surface area contributed by atoms with Crippen molar-refractivity contribution in [3.05, 3.63) is 36.4 Å². The van der Waals surface area contributed by atoms with Gasteiger partial charge in [-0.3, -0.25) is 0 Å². The molecule has 2 rings (SSSR count). The van der Waals surface area contributed by atoms with Crippen LogP contribution in [0.3, 0.4) is 0 Å². The Hall–Kier alpha value is -2.70. The van der Waals surface area contributed by atoms with E-state index in [1.807, 2.05) is 0 Å². The molecular weight excluding hydrogens is 228 g/mol. The minimum absolute atomic E-state index is 0.289. The van der Waals surface area contributed by atoms with Gasteiger partial charge in [-0.05, 0) is 12.1 Å². The zero-order valence-electron chi connectivity index (χ0n) is 8.53. The third kappa shape index (κ3) is 3.42. The molecule has 17 heavy (non-hydrogen) atoms. The Kier molecular flexibility index (Phi) is 3.93. The maximum Gasteiger partial charge on any atom is 0.335 e. The Balaban J connectivity index is 0.000000239. The highest BCUT2D eigenvalue weighted by molar-refractivity contribution is 5.89. The van der Waals surface area contributed by atoms with Crippen molar-refractivity contribution in [2.45, 2.75) is 0 Å². The lowest BCUT2D eigenvalue weighted by molar-refractivity contribution is 0.0696. The molecule has 0 aliphatic heterocycles. The van der Waals surface area contributed by atoms with Gasteiger partial charge in [-0.25, -0.2) is 9.78 Å². The number of hydrogen-bond donors (Lipinski definition) is 5. The van der Waals surface area contributed by atoms with Gasteiger partial charge in [-0.15, -0.1) is 0 Å². The van der Waals surface area contributed by atoms with Crippen LogP contribution in [-0.4, -0.2) is 36.4 Å². The van der Waals surface area contributed by atoms with Gasteiger partial charge in [0.05, 0.1) is 11.9 Å². The summed E-state index contributed by atoms with van der Waals surface area (Å²) in [5.41, 5.74) is -0.289. The summed E-state index contributed by atoms with van der Waals surface area (Å²) in [7, 11) is 0. The molecule has 0 aliphatic carbocycles. The number of nitrogens with one attached hydrogen (secondary N) is 1. The number of hydrogen-bond acceptors (Lipinski definition) is 5. The topological polar surface area (TPSA) is 127 Å². The first-order valence-corrected chi connectivity index (χ1v) is 4.43. The lowest BCUT2D eigenvalue weighted by Gasteiger charge is -2.01. The molecule has 90 valence electrons. The fraction of sp³-hybridized carbons (Fsp3) is 0. The van der Waals surface area contributed by atoms with E-state index in [-0.39, 0.29) is 5.56 Å². The monoisotopic (exact) mass is 238 g/mol. The minimum Gasteiger partial charge on any atom is -0.504 e. The van der Waals surface area contributed by atoms with E-state index in [0.29, 0.717) is 0 Å². The van der Waals surface area contributed by atoms with Crippen LogP contribution >= 0.6 is 0 Å². The van der Waals surface area contributed by atoms with Crippen molar-refractivity contribution >= 4 is 5.97 Å². The highest BCUT2D eigenvalue weighted by Crippen LogP contribution is 2.35. The number of carboxylic acids is 1. The summed E-state index contributed by atoms with van der Waals surface area (Å²) in [6.07, 6.45) is 5.08. The number of benzene rings is 1. The van der Waals surface area contributed by atoms with Gasteiger partial charge >= 0.3 is 5.97 Å². The molecule has 5 N–H and O–H groups in total. The molecule has 2 aromatic rings. The second-order valence-electron chi connectivity index (χ2n) is 2.93. The van der Waals surface area contributed by atoms with Gasteiger partial charge in [-0.1, -0.05) is 0 Å². The molecule has 1 aromatic carbocycles. The quantitative estimate of drug-likeness (QED) is 0.470. The number of aromatic carboxylic acids is 1. The zero-order chi connectivity index (χ0) is 12.8. The van der Waals surface area contributed by atoms with E-state index < -0.39 is 23.2 Å². The van der Waals surface area contributed by atoms with Crippen LogP contribution in [0, 0.1) is 0 Å². The summed E-state index contributed by atoms with van der Waals surface area (Å²) >= 11 is 0. The minimum atomic E-state index is -1.29. The van der Waals surface area contributed by atoms with Crippen LogP contribution in [0.15, 0.2) is 30.9 Å². The summed E-state index contributed by atoms with van der Waals surface area (Å²) < 4.78 is 0. The van der Waals surface area contributed by atoms with Crippen molar-refractivity contribution in [2.24, 2.45) is 0 Å². The van der Waals surface area contributed by atoms with Gasteiger partial charge in [0.15, 0.2) is 17.2 Å². The zero-order valence-corrected chi connectivity index (χ0v) is 8.53. The predicted molar refractivity (Wildman–Crippen MR) is 57.0 cm³/mol. The van der Waals surface area contributed by atoms with Crippen molar-refractivity contribution in [1.82, 2.24) is 9.97 Å². The van der Waals surface area contributed by atoms with Gasteiger partial charge in [0.2, 0.25) is 0 Å². The number of carboxylic acid groups (broad SMARTS) is 1. The SMILES string of the molecule is O=C(O)c1cc(O)c(O)c(O)c1.c1c[nH]cn1. The molecule has 0 unspecified atom stereocenters. The van der Waals surface area contributed by atoms with Crippen LogP contribution in [0.4, 0.5) is 0 Å². The molecule has 1 aromatic heterocycles. The molecule has 7 nitrogen and oxygen atoms in total. The lowest BCUT2D eigenvalue weighted by atomic mass is 10.2. The second-order valence-corrected chi connectivity index (χ2v) is 2.93.